The Morgan fingerprint density at radius 1 is 1.11 bits per heavy atom. The maximum atomic E-state index is 10.7. The number of hydrogen-bond acceptors (Lipinski definition) is 2. The lowest BCUT2D eigenvalue weighted by molar-refractivity contribution is -0.108. The molecule has 18 heavy (non-hydrogen) atoms. The van der Waals surface area contributed by atoms with Crippen LogP contribution < -0.4 is 0 Å². The highest BCUT2D eigenvalue weighted by Crippen LogP contribution is 2.13. The number of rotatable bonds is 3. The van der Waals surface area contributed by atoms with E-state index in [0.717, 1.165) is 5.56 Å². The first kappa shape index (κ1) is 16.7. The molecule has 0 N–H and O–H groups in total. The Bertz CT molecular complexity index is 462. The highest BCUT2D eigenvalue weighted by molar-refractivity contribution is 7.98. The van der Waals surface area contributed by atoms with Crippen molar-refractivity contribution in [2.24, 2.45) is 0 Å². The second-order valence-corrected chi connectivity index (χ2v) is 4.24. The molecule has 0 aliphatic rings. The SMILES string of the molecule is C=C(C(=O)S)c1ccccc1.CC=C(C)C(=O)S. The van der Waals surface area contributed by atoms with Crippen LogP contribution in [0.5, 0.6) is 0 Å². The standard InChI is InChI=1S/C9H8OS.C5H8OS/c1-7(9(10)11)8-5-3-2-4-6-8;1-3-4(2)5(6)7/h2-6H,1H2,(H,10,11);3H,1-2H3,(H,6,7). The van der Waals surface area contributed by atoms with E-state index in [1.54, 1.807) is 13.0 Å². The predicted molar refractivity (Wildman–Crippen MR) is 82.9 cm³/mol. The quantitative estimate of drug-likeness (QED) is 0.655. The first-order valence-corrected chi connectivity index (χ1v) is 6.13. The van der Waals surface area contributed by atoms with Gasteiger partial charge in [0.2, 0.25) is 10.2 Å². The summed E-state index contributed by atoms with van der Waals surface area (Å²) in [5, 5.41) is -0.432. The van der Waals surface area contributed by atoms with Gasteiger partial charge in [-0.15, -0.1) is 25.3 Å². The summed E-state index contributed by atoms with van der Waals surface area (Å²) in [5.41, 5.74) is 1.96. The molecule has 0 saturated carbocycles. The molecule has 1 aromatic carbocycles. The minimum Gasteiger partial charge on any atom is -0.282 e. The Balaban J connectivity index is 0.000000360. The summed E-state index contributed by atoms with van der Waals surface area (Å²) in [4.78, 5) is 20.9. The van der Waals surface area contributed by atoms with E-state index < -0.39 is 0 Å². The van der Waals surface area contributed by atoms with Crippen molar-refractivity contribution in [2.45, 2.75) is 13.8 Å². The summed E-state index contributed by atoms with van der Waals surface area (Å²) in [5.74, 6) is 0. The fourth-order valence-electron chi connectivity index (χ4n) is 0.886. The predicted octanol–water partition coefficient (Wildman–Crippen LogP) is 3.57. The van der Waals surface area contributed by atoms with Crippen molar-refractivity contribution in [3.63, 3.8) is 0 Å². The fourth-order valence-corrected chi connectivity index (χ4v) is 1.14. The second-order valence-electron chi connectivity index (χ2n) is 3.43. The lowest BCUT2D eigenvalue weighted by atomic mass is 10.1. The highest BCUT2D eigenvalue weighted by atomic mass is 32.1. The Hall–Kier alpha value is -1.26. The Morgan fingerprint density at radius 3 is 1.89 bits per heavy atom. The molecule has 0 heterocycles. The zero-order valence-corrected chi connectivity index (χ0v) is 12.2. The van der Waals surface area contributed by atoms with Gasteiger partial charge in [-0.25, -0.2) is 0 Å². The van der Waals surface area contributed by atoms with Crippen molar-refractivity contribution in [2.75, 3.05) is 0 Å². The third-order valence-electron chi connectivity index (χ3n) is 2.15. The van der Waals surface area contributed by atoms with Crippen molar-refractivity contribution in [1.29, 1.82) is 0 Å². The summed E-state index contributed by atoms with van der Waals surface area (Å²) in [6, 6.07) is 9.27. The van der Waals surface area contributed by atoms with Crippen LogP contribution in [0.2, 0.25) is 0 Å². The maximum absolute atomic E-state index is 10.7. The van der Waals surface area contributed by atoms with E-state index in [1.807, 2.05) is 37.3 Å². The molecule has 0 aromatic heterocycles. The number of carbonyl (C=O) groups is 2. The first-order chi connectivity index (χ1) is 8.40. The van der Waals surface area contributed by atoms with E-state index in [9.17, 15) is 9.59 Å². The zero-order valence-electron chi connectivity index (χ0n) is 10.4. The van der Waals surface area contributed by atoms with Crippen LogP contribution in [0.25, 0.3) is 5.57 Å². The molecule has 0 aliphatic carbocycles. The van der Waals surface area contributed by atoms with Crippen molar-refractivity contribution < 1.29 is 9.59 Å². The normalized spacial score (nSPS) is 10.1. The summed E-state index contributed by atoms with van der Waals surface area (Å²) in [6.45, 7) is 7.14. The molecule has 4 heteroatoms. The van der Waals surface area contributed by atoms with Crippen molar-refractivity contribution in [1.82, 2.24) is 0 Å². The summed E-state index contributed by atoms with van der Waals surface area (Å²) >= 11 is 7.23. The number of hydrogen-bond donors (Lipinski definition) is 2. The minimum atomic E-state index is -0.281. The molecule has 0 amide bonds. The van der Waals surface area contributed by atoms with Crippen LogP contribution in [0.3, 0.4) is 0 Å². The molecule has 1 rings (SSSR count). The number of allylic oxidation sites excluding steroid dienone is 1. The summed E-state index contributed by atoms with van der Waals surface area (Å²) in [7, 11) is 0. The minimum absolute atomic E-state index is 0.150. The molecule has 0 saturated heterocycles. The van der Waals surface area contributed by atoms with Gasteiger partial charge in [-0.05, 0) is 25.0 Å². The average molecular weight is 280 g/mol. The molecular weight excluding hydrogens is 264 g/mol. The van der Waals surface area contributed by atoms with Crippen molar-refractivity contribution >= 4 is 41.1 Å². The van der Waals surface area contributed by atoms with Gasteiger partial charge >= 0.3 is 0 Å². The maximum Gasteiger partial charge on any atom is 0.216 e. The third-order valence-corrected chi connectivity index (χ3v) is 2.77. The molecule has 0 unspecified atom stereocenters. The lowest BCUT2D eigenvalue weighted by Crippen LogP contribution is -1.89. The molecule has 0 radical (unpaired) electrons. The number of thiol groups is 2. The monoisotopic (exact) mass is 280 g/mol. The highest BCUT2D eigenvalue weighted by Gasteiger charge is 2.02. The van der Waals surface area contributed by atoms with E-state index in [2.05, 4.69) is 31.8 Å². The van der Waals surface area contributed by atoms with Crippen LogP contribution >= 0.6 is 25.3 Å². The molecule has 2 nitrogen and oxygen atoms in total. The van der Waals surface area contributed by atoms with Gasteiger partial charge in [-0.2, -0.15) is 0 Å². The molecule has 1 aromatic rings. The number of carbonyl (C=O) groups excluding carboxylic acids is 2. The first-order valence-electron chi connectivity index (χ1n) is 5.24. The van der Waals surface area contributed by atoms with Crippen molar-refractivity contribution in [3.8, 4) is 0 Å². The van der Waals surface area contributed by atoms with Gasteiger partial charge in [0.15, 0.2) is 0 Å². The molecule has 0 fully saturated rings. The van der Waals surface area contributed by atoms with Crippen LogP contribution in [0.4, 0.5) is 0 Å². The average Bonchev–Trinajstić information content (AvgIpc) is 2.38. The van der Waals surface area contributed by atoms with Gasteiger partial charge in [-0.3, -0.25) is 9.59 Å². The van der Waals surface area contributed by atoms with E-state index >= 15 is 0 Å². The summed E-state index contributed by atoms with van der Waals surface area (Å²) < 4.78 is 0. The Labute approximate surface area is 119 Å². The zero-order chi connectivity index (χ0) is 14.1. The van der Waals surface area contributed by atoms with E-state index in [0.29, 0.717) is 11.1 Å². The topological polar surface area (TPSA) is 34.1 Å². The van der Waals surface area contributed by atoms with Crippen LogP contribution in [0.15, 0.2) is 48.6 Å². The van der Waals surface area contributed by atoms with E-state index in [1.165, 1.54) is 0 Å². The smallest absolute Gasteiger partial charge is 0.216 e. The number of benzene rings is 1. The second kappa shape index (κ2) is 8.78. The molecule has 0 spiro atoms. The molecule has 0 atom stereocenters. The molecule has 96 valence electrons. The van der Waals surface area contributed by atoms with E-state index in [-0.39, 0.29) is 10.2 Å². The molecule has 0 aliphatic heterocycles. The third kappa shape index (κ3) is 6.47. The van der Waals surface area contributed by atoms with Gasteiger partial charge in [0.1, 0.15) is 0 Å². The van der Waals surface area contributed by atoms with Gasteiger partial charge in [-0.1, -0.05) is 43.0 Å². The van der Waals surface area contributed by atoms with Gasteiger partial charge < -0.3 is 0 Å². The molecule has 0 bridgehead atoms. The fraction of sp³-hybridized carbons (Fsp3) is 0.143. The van der Waals surface area contributed by atoms with Gasteiger partial charge in [0.05, 0.1) is 0 Å². The van der Waals surface area contributed by atoms with Crippen molar-refractivity contribution in [3.05, 3.63) is 54.1 Å². The van der Waals surface area contributed by atoms with Crippen LogP contribution in [0, 0.1) is 0 Å². The van der Waals surface area contributed by atoms with Crippen LogP contribution in [-0.4, -0.2) is 10.2 Å². The Morgan fingerprint density at radius 2 is 1.61 bits per heavy atom. The lowest BCUT2D eigenvalue weighted by Gasteiger charge is -1.98. The van der Waals surface area contributed by atoms with Crippen LogP contribution in [0.1, 0.15) is 19.4 Å². The van der Waals surface area contributed by atoms with Crippen LogP contribution in [-0.2, 0) is 9.59 Å². The Kier molecular flexibility index (Phi) is 8.16. The van der Waals surface area contributed by atoms with Gasteiger partial charge in [0, 0.05) is 5.57 Å². The largest absolute Gasteiger partial charge is 0.282 e. The van der Waals surface area contributed by atoms with Gasteiger partial charge in [0.25, 0.3) is 0 Å². The van der Waals surface area contributed by atoms with E-state index in [4.69, 9.17) is 0 Å². The summed E-state index contributed by atoms with van der Waals surface area (Å²) in [6.07, 6.45) is 1.73. The molecular formula is C14H16O2S2.